The Bertz CT molecular complexity index is 1090. The van der Waals surface area contributed by atoms with E-state index in [0.717, 1.165) is 28.2 Å². The number of ether oxygens (including phenoxy) is 1. The fourth-order valence-corrected chi connectivity index (χ4v) is 2.91. The summed E-state index contributed by atoms with van der Waals surface area (Å²) in [5.74, 6) is 1.37. The number of fused-ring (bicyclic) bond motifs is 1. The van der Waals surface area contributed by atoms with Crippen LogP contribution in [-0.2, 0) is 6.61 Å². The number of hydrogen-bond acceptors (Lipinski definition) is 5. The van der Waals surface area contributed by atoms with Gasteiger partial charge in [0.2, 0.25) is 5.82 Å². The summed E-state index contributed by atoms with van der Waals surface area (Å²) in [6.07, 6.45) is 0.810. The Hall–Kier alpha value is -3.47. The third kappa shape index (κ3) is 2.95. The summed E-state index contributed by atoms with van der Waals surface area (Å²) in [5.41, 5.74) is 2.50. The van der Waals surface area contributed by atoms with Crippen molar-refractivity contribution in [3.05, 3.63) is 77.7 Å². The smallest absolute Gasteiger partial charge is 0.264 e. The van der Waals surface area contributed by atoms with Crippen molar-refractivity contribution >= 4 is 17.1 Å². The van der Waals surface area contributed by atoms with Gasteiger partial charge >= 0.3 is 0 Å². The van der Waals surface area contributed by atoms with E-state index in [-0.39, 0.29) is 6.61 Å². The molecule has 0 aliphatic rings. The number of nitrogens with zero attached hydrogens (tertiary/aromatic N) is 2. The highest BCUT2D eigenvalue weighted by Gasteiger charge is 2.13. The maximum atomic E-state index is 11.5. The first kappa shape index (κ1) is 16.0. The number of rotatable bonds is 5. The average Bonchev–Trinajstić information content (AvgIpc) is 3.15. The van der Waals surface area contributed by atoms with E-state index < -0.39 is 0 Å². The van der Waals surface area contributed by atoms with Gasteiger partial charge in [0, 0.05) is 5.56 Å². The van der Waals surface area contributed by atoms with E-state index in [9.17, 15) is 4.79 Å². The van der Waals surface area contributed by atoms with Gasteiger partial charge in [-0.25, -0.2) is 0 Å². The van der Waals surface area contributed by atoms with Gasteiger partial charge in [-0.05, 0) is 29.3 Å². The molecule has 0 N–H and O–H groups in total. The van der Waals surface area contributed by atoms with Gasteiger partial charge in [-0.15, -0.1) is 0 Å². The summed E-state index contributed by atoms with van der Waals surface area (Å²) in [7, 11) is 0. The predicted octanol–water partition coefficient (Wildman–Crippen LogP) is 4.59. The molecule has 0 atom stereocenters. The number of carbonyl (C=O) groups excluding carboxylic acids is 1. The number of benzene rings is 3. The Morgan fingerprint density at radius 3 is 2.69 bits per heavy atom. The van der Waals surface area contributed by atoms with Gasteiger partial charge in [-0.1, -0.05) is 59.8 Å². The second kappa shape index (κ2) is 6.80. The van der Waals surface area contributed by atoms with Crippen LogP contribution in [0.4, 0.5) is 0 Å². The normalized spacial score (nSPS) is 10.8. The Kier molecular flexibility index (Phi) is 4.19. The second-order valence-electron chi connectivity index (χ2n) is 5.93. The molecular weight excluding hydrogens is 328 g/mol. The van der Waals surface area contributed by atoms with Gasteiger partial charge in [0.25, 0.3) is 5.89 Å². The number of hydrogen-bond donors (Lipinski definition) is 0. The van der Waals surface area contributed by atoms with Crippen molar-refractivity contribution < 1.29 is 14.1 Å². The molecule has 26 heavy (non-hydrogen) atoms. The monoisotopic (exact) mass is 344 g/mol. The fourth-order valence-electron chi connectivity index (χ4n) is 2.91. The zero-order valence-electron chi connectivity index (χ0n) is 14.2. The molecule has 0 radical (unpaired) electrons. The fraction of sp³-hybridized carbons (Fsp3) is 0.0952. The largest absolute Gasteiger partial charge is 0.483 e. The summed E-state index contributed by atoms with van der Waals surface area (Å²) < 4.78 is 11.1. The van der Waals surface area contributed by atoms with Crippen molar-refractivity contribution in [1.82, 2.24) is 10.1 Å². The van der Waals surface area contributed by atoms with E-state index in [1.807, 2.05) is 61.5 Å². The second-order valence-corrected chi connectivity index (χ2v) is 5.93. The zero-order valence-corrected chi connectivity index (χ0v) is 14.2. The van der Waals surface area contributed by atoms with Gasteiger partial charge in [-0.3, -0.25) is 4.79 Å². The quantitative estimate of drug-likeness (QED) is 0.495. The van der Waals surface area contributed by atoms with Crippen LogP contribution in [0.2, 0.25) is 0 Å². The van der Waals surface area contributed by atoms with Gasteiger partial charge in [-0.2, -0.15) is 4.98 Å². The molecule has 0 saturated carbocycles. The highest BCUT2D eigenvalue weighted by Crippen LogP contribution is 2.27. The van der Waals surface area contributed by atoms with E-state index in [0.29, 0.717) is 23.0 Å². The first-order valence-electron chi connectivity index (χ1n) is 8.24. The lowest BCUT2D eigenvalue weighted by Gasteiger charge is -2.08. The minimum atomic E-state index is 0.0953. The number of aryl methyl sites for hydroxylation is 1. The van der Waals surface area contributed by atoms with E-state index >= 15 is 0 Å². The lowest BCUT2D eigenvalue weighted by molar-refractivity contribution is 0.111. The van der Waals surface area contributed by atoms with Crippen molar-refractivity contribution in [2.45, 2.75) is 13.5 Å². The van der Waals surface area contributed by atoms with Crippen LogP contribution < -0.4 is 4.74 Å². The summed E-state index contributed by atoms with van der Waals surface area (Å²) >= 11 is 0. The molecule has 0 spiro atoms. The molecule has 0 bridgehead atoms. The van der Waals surface area contributed by atoms with Crippen LogP contribution in [0.25, 0.3) is 22.2 Å². The first-order chi connectivity index (χ1) is 12.8. The first-order valence-corrected chi connectivity index (χ1v) is 8.24. The number of aldehydes is 1. The van der Waals surface area contributed by atoms with Crippen LogP contribution in [0.3, 0.4) is 0 Å². The van der Waals surface area contributed by atoms with Crippen LogP contribution in [0.1, 0.15) is 21.8 Å². The highest BCUT2D eigenvalue weighted by atomic mass is 16.5. The minimum Gasteiger partial charge on any atom is -0.483 e. The van der Waals surface area contributed by atoms with Gasteiger partial charge in [0.05, 0.1) is 5.56 Å². The van der Waals surface area contributed by atoms with E-state index in [4.69, 9.17) is 9.26 Å². The molecule has 4 aromatic rings. The molecule has 5 heteroatoms. The molecule has 0 fully saturated rings. The lowest BCUT2D eigenvalue weighted by atomic mass is 10.0. The summed E-state index contributed by atoms with van der Waals surface area (Å²) in [4.78, 5) is 15.9. The maximum absolute atomic E-state index is 11.5. The van der Waals surface area contributed by atoms with Crippen molar-refractivity contribution in [3.63, 3.8) is 0 Å². The lowest BCUT2D eigenvalue weighted by Crippen LogP contribution is -1.99. The zero-order chi connectivity index (χ0) is 17.9. The third-order valence-electron chi connectivity index (χ3n) is 4.25. The molecule has 0 unspecified atom stereocenters. The SMILES string of the molecule is Cc1ccccc1-c1noc(COc2ccc3ccccc3c2C=O)n1. The molecule has 3 aromatic carbocycles. The van der Waals surface area contributed by atoms with Crippen LogP contribution in [0.5, 0.6) is 5.75 Å². The van der Waals surface area contributed by atoms with Crippen LogP contribution in [-0.4, -0.2) is 16.4 Å². The molecule has 0 amide bonds. The topological polar surface area (TPSA) is 65.2 Å². The Labute approximate surface area is 150 Å². The molecule has 5 nitrogen and oxygen atoms in total. The Balaban J connectivity index is 1.58. The molecule has 0 aliphatic carbocycles. The van der Waals surface area contributed by atoms with Crippen LogP contribution in [0.15, 0.2) is 65.2 Å². The van der Waals surface area contributed by atoms with E-state index in [1.165, 1.54) is 0 Å². The third-order valence-corrected chi connectivity index (χ3v) is 4.25. The molecule has 128 valence electrons. The van der Waals surface area contributed by atoms with Gasteiger partial charge < -0.3 is 9.26 Å². The van der Waals surface area contributed by atoms with Crippen molar-refractivity contribution in [2.75, 3.05) is 0 Å². The number of carbonyl (C=O) groups is 1. The minimum absolute atomic E-state index is 0.0953. The van der Waals surface area contributed by atoms with Gasteiger partial charge in [0.1, 0.15) is 5.75 Å². The van der Waals surface area contributed by atoms with Crippen molar-refractivity contribution in [1.29, 1.82) is 0 Å². The van der Waals surface area contributed by atoms with E-state index in [1.54, 1.807) is 6.07 Å². The van der Waals surface area contributed by atoms with Crippen LogP contribution in [0, 0.1) is 6.92 Å². The highest BCUT2D eigenvalue weighted by molar-refractivity contribution is 6.00. The van der Waals surface area contributed by atoms with Crippen molar-refractivity contribution in [3.8, 4) is 17.1 Å². The Morgan fingerprint density at radius 1 is 1.04 bits per heavy atom. The molecule has 0 aliphatic heterocycles. The predicted molar refractivity (Wildman–Crippen MR) is 98.1 cm³/mol. The van der Waals surface area contributed by atoms with Gasteiger partial charge in [0.15, 0.2) is 12.9 Å². The molecule has 1 heterocycles. The summed E-state index contributed by atoms with van der Waals surface area (Å²) in [5, 5.41) is 5.86. The van der Waals surface area contributed by atoms with Crippen molar-refractivity contribution in [2.24, 2.45) is 0 Å². The summed E-state index contributed by atoms with van der Waals surface area (Å²) in [6.45, 7) is 2.09. The van der Waals surface area contributed by atoms with Crippen LogP contribution >= 0.6 is 0 Å². The number of aromatic nitrogens is 2. The standard InChI is InChI=1S/C21H16N2O3/c1-14-6-2-4-8-16(14)21-22-20(26-23-21)13-25-19-11-10-15-7-3-5-9-17(15)18(19)12-24/h2-12H,13H2,1H3. The van der Waals surface area contributed by atoms with E-state index in [2.05, 4.69) is 10.1 Å². The molecular formula is C21H16N2O3. The average molecular weight is 344 g/mol. The maximum Gasteiger partial charge on any atom is 0.264 e. The molecule has 1 aromatic heterocycles. The molecule has 4 rings (SSSR count). The summed E-state index contributed by atoms with van der Waals surface area (Å²) in [6, 6.07) is 19.2. The Morgan fingerprint density at radius 2 is 1.85 bits per heavy atom. The molecule has 0 saturated heterocycles.